The van der Waals surface area contributed by atoms with Gasteiger partial charge in [-0.05, 0) is 20.8 Å². The molecule has 5 heteroatoms. The molecule has 86 valence electrons. The average Bonchev–Trinajstić information content (AvgIpc) is 2.67. The van der Waals surface area contributed by atoms with Crippen molar-refractivity contribution in [2.75, 3.05) is 6.61 Å². The number of nitrogens with zero attached hydrogens (tertiary/aromatic N) is 2. The van der Waals surface area contributed by atoms with Gasteiger partial charge in [-0.1, -0.05) is 0 Å². The van der Waals surface area contributed by atoms with Crippen molar-refractivity contribution in [1.82, 2.24) is 15.2 Å². The van der Waals surface area contributed by atoms with Crippen LogP contribution in [0.5, 0.6) is 0 Å². The molecule has 5 nitrogen and oxygen atoms in total. The zero-order chi connectivity index (χ0) is 11.3. The summed E-state index contributed by atoms with van der Waals surface area (Å²) in [6.07, 6.45) is 4.01. The van der Waals surface area contributed by atoms with Crippen molar-refractivity contribution in [3.63, 3.8) is 0 Å². The van der Waals surface area contributed by atoms with Gasteiger partial charge in [-0.3, -0.25) is 16.0 Å². The summed E-state index contributed by atoms with van der Waals surface area (Å²) in [6, 6.07) is 0.00713. The second-order valence-corrected chi connectivity index (χ2v) is 3.73. The molecule has 1 aromatic heterocycles. The number of nitrogens with one attached hydrogen (secondary N) is 1. The van der Waals surface area contributed by atoms with Gasteiger partial charge in [0.25, 0.3) is 0 Å². The van der Waals surface area contributed by atoms with E-state index < -0.39 is 0 Å². The number of hydrogen-bond donors (Lipinski definition) is 2. The van der Waals surface area contributed by atoms with Crippen LogP contribution in [0.2, 0.25) is 0 Å². The van der Waals surface area contributed by atoms with Gasteiger partial charge in [0.2, 0.25) is 0 Å². The lowest BCUT2D eigenvalue weighted by Crippen LogP contribution is -2.32. The molecule has 1 atom stereocenters. The van der Waals surface area contributed by atoms with Crippen molar-refractivity contribution in [3.8, 4) is 0 Å². The molecule has 0 bridgehead atoms. The third-order valence-electron chi connectivity index (χ3n) is 2.18. The minimum Gasteiger partial charge on any atom is -0.377 e. The quantitative estimate of drug-likeness (QED) is 0.541. The van der Waals surface area contributed by atoms with Crippen LogP contribution < -0.4 is 11.3 Å². The van der Waals surface area contributed by atoms with Gasteiger partial charge in [-0.15, -0.1) is 0 Å². The Morgan fingerprint density at radius 3 is 2.80 bits per heavy atom. The number of rotatable bonds is 6. The van der Waals surface area contributed by atoms with E-state index in [0.717, 1.165) is 12.1 Å². The predicted molar refractivity (Wildman–Crippen MR) is 59.1 cm³/mol. The van der Waals surface area contributed by atoms with Crippen LogP contribution in [0.4, 0.5) is 0 Å². The molecular weight excluding hydrogens is 192 g/mol. The number of ether oxygens (including phenoxy) is 1. The largest absolute Gasteiger partial charge is 0.377 e. The van der Waals surface area contributed by atoms with Crippen LogP contribution in [0, 0.1) is 0 Å². The zero-order valence-electron chi connectivity index (χ0n) is 9.60. The van der Waals surface area contributed by atoms with E-state index in [4.69, 9.17) is 10.6 Å². The molecule has 0 spiro atoms. The van der Waals surface area contributed by atoms with Gasteiger partial charge in [0, 0.05) is 18.3 Å². The Bertz CT molecular complexity index is 285. The fraction of sp³-hybridized carbons (Fsp3) is 0.700. The molecule has 1 unspecified atom stereocenters. The van der Waals surface area contributed by atoms with E-state index in [9.17, 15) is 0 Å². The van der Waals surface area contributed by atoms with Crippen LogP contribution in [-0.4, -0.2) is 22.5 Å². The highest BCUT2D eigenvalue weighted by Crippen LogP contribution is 2.12. The van der Waals surface area contributed by atoms with Crippen molar-refractivity contribution in [2.45, 2.75) is 39.5 Å². The van der Waals surface area contributed by atoms with Crippen LogP contribution in [0.3, 0.4) is 0 Å². The summed E-state index contributed by atoms with van der Waals surface area (Å²) < 4.78 is 7.38. The molecule has 0 amide bonds. The van der Waals surface area contributed by atoms with E-state index in [1.54, 1.807) is 0 Å². The van der Waals surface area contributed by atoms with Gasteiger partial charge in [-0.25, -0.2) is 0 Å². The van der Waals surface area contributed by atoms with Gasteiger partial charge in [-0.2, -0.15) is 5.10 Å². The Morgan fingerprint density at radius 1 is 1.60 bits per heavy atom. The highest BCUT2D eigenvalue weighted by Gasteiger charge is 2.12. The lowest BCUT2D eigenvalue weighted by Gasteiger charge is -2.16. The minimum atomic E-state index is 0.00713. The van der Waals surface area contributed by atoms with Crippen molar-refractivity contribution >= 4 is 0 Å². The Morgan fingerprint density at radius 2 is 2.33 bits per heavy atom. The SMILES string of the molecule is CCn1cc(C(COC(C)C)NN)cn1. The van der Waals surface area contributed by atoms with Crippen molar-refractivity contribution in [2.24, 2.45) is 5.84 Å². The second kappa shape index (κ2) is 5.85. The molecule has 0 saturated heterocycles. The molecule has 0 aromatic carbocycles. The summed E-state index contributed by atoms with van der Waals surface area (Å²) in [5.74, 6) is 5.47. The van der Waals surface area contributed by atoms with Crippen LogP contribution in [0.25, 0.3) is 0 Å². The molecule has 0 radical (unpaired) electrons. The van der Waals surface area contributed by atoms with Crippen LogP contribution in [0.15, 0.2) is 12.4 Å². The van der Waals surface area contributed by atoms with Crippen molar-refractivity contribution < 1.29 is 4.74 Å². The van der Waals surface area contributed by atoms with Crippen LogP contribution in [-0.2, 0) is 11.3 Å². The molecular formula is C10H20N4O. The fourth-order valence-electron chi connectivity index (χ4n) is 1.26. The summed E-state index contributed by atoms with van der Waals surface area (Å²) in [5, 5.41) is 4.20. The molecule has 0 fully saturated rings. The van der Waals surface area contributed by atoms with Crippen molar-refractivity contribution in [3.05, 3.63) is 18.0 Å². The molecule has 1 heterocycles. The summed E-state index contributed by atoms with van der Waals surface area (Å²) in [6.45, 7) is 7.48. The first-order valence-corrected chi connectivity index (χ1v) is 5.27. The predicted octanol–water partition coefficient (Wildman–Crippen LogP) is 0.832. The molecule has 0 aliphatic rings. The fourth-order valence-corrected chi connectivity index (χ4v) is 1.26. The minimum absolute atomic E-state index is 0.00713. The first-order chi connectivity index (χ1) is 7.17. The van der Waals surface area contributed by atoms with Gasteiger partial charge >= 0.3 is 0 Å². The third kappa shape index (κ3) is 3.62. The standard InChI is InChI=1S/C10H20N4O/c1-4-14-6-9(5-12-14)10(13-11)7-15-8(2)3/h5-6,8,10,13H,4,7,11H2,1-3H3. The first-order valence-electron chi connectivity index (χ1n) is 5.27. The van der Waals surface area contributed by atoms with Gasteiger partial charge in [0.05, 0.1) is 24.9 Å². The number of aromatic nitrogens is 2. The highest BCUT2D eigenvalue weighted by molar-refractivity contribution is 5.10. The first kappa shape index (κ1) is 12.2. The van der Waals surface area contributed by atoms with E-state index in [1.807, 2.05) is 37.8 Å². The van der Waals surface area contributed by atoms with Gasteiger partial charge < -0.3 is 4.74 Å². The monoisotopic (exact) mass is 212 g/mol. The van der Waals surface area contributed by atoms with E-state index in [1.165, 1.54) is 0 Å². The zero-order valence-corrected chi connectivity index (χ0v) is 9.60. The summed E-state index contributed by atoms with van der Waals surface area (Å²) in [5.41, 5.74) is 3.79. The highest BCUT2D eigenvalue weighted by atomic mass is 16.5. The summed E-state index contributed by atoms with van der Waals surface area (Å²) >= 11 is 0. The Labute approximate surface area is 90.6 Å². The molecule has 15 heavy (non-hydrogen) atoms. The van der Waals surface area contributed by atoms with E-state index in [2.05, 4.69) is 10.5 Å². The molecule has 1 aromatic rings. The third-order valence-corrected chi connectivity index (χ3v) is 2.18. The molecule has 3 N–H and O–H groups in total. The average molecular weight is 212 g/mol. The molecule has 1 rings (SSSR count). The molecule has 0 aliphatic heterocycles. The normalized spacial score (nSPS) is 13.4. The lowest BCUT2D eigenvalue weighted by atomic mass is 10.2. The number of nitrogens with two attached hydrogens (primary N) is 1. The van der Waals surface area contributed by atoms with E-state index >= 15 is 0 Å². The van der Waals surface area contributed by atoms with Crippen LogP contribution in [0.1, 0.15) is 32.4 Å². The van der Waals surface area contributed by atoms with E-state index in [-0.39, 0.29) is 12.1 Å². The molecule has 0 saturated carbocycles. The van der Waals surface area contributed by atoms with Gasteiger partial charge in [0.1, 0.15) is 0 Å². The Balaban J connectivity index is 2.57. The van der Waals surface area contributed by atoms with Crippen molar-refractivity contribution in [1.29, 1.82) is 0 Å². The second-order valence-electron chi connectivity index (χ2n) is 3.73. The van der Waals surface area contributed by atoms with E-state index in [0.29, 0.717) is 6.61 Å². The number of aryl methyl sites for hydroxylation is 1. The maximum Gasteiger partial charge on any atom is 0.0724 e. The topological polar surface area (TPSA) is 65.1 Å². The number of hydrogen-bond acceptors (Lipinski definition) is 4. The summed E-state index contributed by atoms with van der Waals surface area (Å²) in [4.78, 5) is 0. The van der Waals surface area contributed by atoms with Gasteiger partial charge in [0.15, 0.2) is 0 Å². The lowest BCUT2D eigenvalue weighted by molar-refractivity contribution is 0.0611. The maximum absolute atomic E-state index is 5.51. The van der Waals surface area contributed by atoms with Crippen LogP contribution >= 0.6 is 0 Å². The number of hydrazine groups is 1. The maximum atomic E-state index is 5.51. The summed E-state index contributed by atoms with van der Waals surface area (Å²) in [7, 11) is 0. The smallest absolute Gasteiger partial charge is 0.0724 e. The Kier molecular flexibility index (Phi) is 4.74. The Hall–Kier alpha value is -0.910. The molecule has 0 aliphatic carbocycles.